The second-order valence-electron chi connectivity index (χ2n) is 13.4. The molecule has 6 heterocycles. The minimum atomic E-state index is -5.15. The summed E-state index contributed by atoms with van der Waals surface area (Å²) in [6.45, 7) is 3.05. The van der Waals surface area contributed by atoms with Crippen LogP contribution in [-0.4, -0.2) is 73.7 Å². The first kappa shape index (κ1) is 33.0. The van der Waals surface area contributed by atoms with Crippen molar-refractivity contribution in [1.29, 1.82) is 0 Å². The van der Waals surface area contributed by atoms with Gasteiger partial charge in [0.25, 0.3) is 6.08 Å². The van der Waals surface area contributed by atoms with E-state index in [1.807, 2.05) is 9.80 Å². The molecule has 5 aliphatic rings. The van der Waals surface area contributed by atoms with E-state index in [0.717, 1.165) is 25.3 Å². The number of piperazine rings is 1. The molecule has 1 aromatic carbocycles. The highest BCUT2D eigenvalue weighted by molar-refractivity contribution is 7.91. The molecule has 4 fully saturated rings. The molecule has 0 aliphatic carbocycles. The largest absolute Gasteiger partial charge is 0.461 e. The van der Waals surface area contributed by atoms with E-state index >= 15 is 4.39 Å². The number of sulfone groups is 1. The number of ether oxygens (including phenoxy) is 1. The lowest BCUT2D eigenvalue weighted by Gasteiger charge is -2.37. The Balaban J connectivity index is 1.32. The van der Waals surface area contributed by atoms with Gasteiger partial charge < -0.3 is 20.7 Å². The van der Waals surface area contributed by atoms with Crippen LogP contribution in [0.4, 0.5) is 37.8 Å². The van der Waals surface area contributed by atoms with Crippen LogP contribution in [0.2, 0.25) is 0 Å². The molecule has 0 saturated carbocycles. The van der Waals surface area contributed by atoms with Gasteiger partial charge in [0.1, 0.15) is 12.4 Å². The predicted molar refractivity (Wildman–Crippen MR) is 165 cm³/mol. The van der Waals surface area contributed by atoms with Gasteiger partial charge in [0.15, 0.2) is 15.7 Å². The minimum Gasteiger partial charge on any atom is -0.461 e. The molecule has 4 atom stereocenters. The minimum absolute atomic E-state index is 0.0162. The van der Waals surface area contributed by atoms with Crippen molar-refractivity contribution in [2.24, 2.45) is 0 Å². The molecule has 0 radical (unpaired) electrons. The summed E-state index contributed by atoms with van der Waals surface area (Å²) >= 11 is 0. The summed E-state index contributed by atoms with van der Waals surface area (Å²) in [5.41, 5.74) is 1.61. The van der Waals surface area contributed by atoms with E-state index in [4.69, 9.17) is 10.5 Å². The number of rotatable bonds is 5. The molecule has 2 unspecified atom stereocenters. The van der Waals surface area contributed by atoms with Crippen LogP contribution >= 0.6 is 0 Å². The molecule has 1 aromatic heterocycles. The van der Waals surface area contributed by atoms with Crippen molar-refractivity contribution in [3.63, 3.8) is 0 Å². The molecule has 4 saturated heterocycles. The van der Waals surface area contributed by atoms with Crippen molar-refractivity contribution in [1.82, 2.24) is 20.2 Å². The van der Waals surface area contributed by atoms with E-state index in [-0.39, 0.29) is 54.5 Å². The second-order valence-corrected chi connectivity index (χ2v) is 15.5. The molecule has 9 nitrogen and oxygen atoms in total. The number of anilines is 2. The standard InChI is InChI=1S/C32H34F6N6O3S/c1-2-4-17-9-22(39)27(33)25(26(17)32(36,37)38)24-10-23-21(15-48(24,45)46)29(43-13-19-5-6-20(14-43)40-19)42-30(41-23)47-16-31-7-3-8-44(31)12-18(11-31)28(34)35/h9,19-20,24,40H,3,5-8,10-16,39H2,1H3/t19?,20?,24-,31+/m1/s1. The number of nitrogen functional groups attached to an aromatic ring is 1. The number of nitrogens with zero attached hydrogens (tertiary/aromatic N) is 4. The van der Waals surface area contributed by atoms with Crippen molar-refractivity contribution in [3.8, 4) is 17.9 Å². The zero-order valence-corrected chi connectivity index (χ0v) is 26.9. The fourth-order valence-electron chi connectivity index (χ4n) is 8.20. The van der Waals surface area contributed by atoms with E-state index in [1.165, 1.54) is 6.92 Å². The summed E-state index contributed by atoms with van der Waals surface area (Å²) in [5.74, 6) is 2.74. The number of aromatic nitrogens is 2. The highest BCUT2D eigenvalue weighted by Crippen LogP contribution is 2.48. The number of hydrogen-bond donors (Lipinski definition) is 2. The molecule has 16 heteroatoms. The van der Waals surface area contributed by atoms with Gasteiger partial charge in [0.2, 0.25) is 0 Å². The van der Waals surface area contributed by atoms with Crippen molar-refractivity contribution >= 4 is 21.3 Å². The number of halogens is 6. The van der Waals surface area contributed by atoms with Gasteiger partial charge in [0, 0.05) is 60.4 Å². The van der Waals surface area contributed by atoms with Crippen LogP contribution in [0.1, 0.15) is 72.2 Å². The Labute approximate surface area is 273 Å². The monoisotopic (exact) mass is 696 g/mol. The zero-order chi connectivity index (χ0) is 34.2. The van der Waals surface area contributed by atoms with Gasteiger partial charge in [-0.05, 0) is 51.6 Å². The fraction of sp³-hybridized carbons (Fsp3) is 0.562. The number of hydrogen-bond acceptors (Lipinski definition) is 9. The summed E-state index contributed by atoms with van der Waals surface area (Å²) in [5, 5.41) is 1.52. The van der Waals surface area contributed by atoms with Gasteiger partial charge in [-0.2, -0.15) is 31.9 Å². The summed E-state index contributed by atoms with van der Waals surface area (Å²) in [4.78, 5) is 13.1. The smallest absolute Gasteiger partial charge is 0.418 e. The molecule has 7 rings (SSSR count). The molecular formula is C32H34F6N6O3S. The first-order valence-corrected chi connectivity index (χ1v) is 17.6. The molecule has 0 spiro atoms. The third-order valence-electron chi connectivity index (χ3n) is 10.3. The van der Waals surface area contributed by atoms with Gasteiger partial charge in [-0.25, -0.2) is 12.8 Å². The van der Waals surface area contributed by atoms with Crippen LogP contribution < -0.4 is 20.7 Å². The molecule has 2 aromatic rings. The van der Waals surface area contributed by atoms with Crippen LogP contribution in [0.15, 0.2) is 17.7 Å². The fourth-order valence-corrected chi connectivity index (χ4v) is 10.1. The maximum atomic E-state index is 15.7. The summed E-state index contributed by atoms with van der Waals surface area (Å²) in [6, 6.07) is 0.876. The molecular weight excluding hydrogens is 662 g/mol. The Bertz CT molecular complexity index is 1860. The Kier molecular flexibility index (Phi) is 8.11. The first-order chi connectivity index (χ1) is 22.7. The van der Waals surface area contributed by atoms with Gasteiger partial charge in [-0.3, -0.25) is 4.90 Å². The van der Waals surface area contributed by atoms with E-state index in [1.54, 1.807) is 0 Å². The lowest BCUT2D eigenvalue weighted by atomic mass is 9.93. The highest BCUT2D eigenvalue weighted by Gasteiger charge is 2.49. The average molecular weight is 697 g/mol. The van der Waals surface area contributed by atoms with Crippen molar-refractivity contribution in [3.05, 3.63) is 51.5 Å². The number of benzene rings is 1. The van der Waals surface area contributed by atoms with Crippen molar-refractivity contribution in [2.75, 3.05) is 43.4 Å². The average Bonchev–Trinajstić information content (AvgIpc) is 3.68. The second kappa shape index (κ2) is 11.8. The summed E-state index contributed by atoms with van der Waals surface area (Å²) in [6.07, 6.45) is -4.11. The van der Waals surface area contributed by atoms with E-state index in [0.29, 0.717) is 31.9 Å². The van der Waals surface area contributed by atoms with E-state index in [2.05, 4.69) is 27.1 Å². The van der Waals surface area contributed by atoms with E-state index < -0.39 is 73.3 Å². The van der Waals surface area contributed by atoms with Crippen LogP contribution in [-0.2, 0) is 28.2 Å². The summed E-state index contributed by atoms with van der Waals surface area (Å²) in [7, 11) is -4.47. The Morgan fingerprint density at radius 3 is 2.60 bits per heavy atom. The Hall–Kier alpha value is -3.55. The molecule has 258 valence electrons. The summed E-state index contributed by atoms with van der Waals surface area (Å²) < 4.78 is 120. The van der Waals surface area contributed by atoms with Gasteiger partial charge in [0.05, 0.1) is 33.5 Å². The SMILES string of the molecule is CC#Cc1cc(N)c(F)c([C@H]2Cc3nc(OC[C@@]45CCCN4CC(=C(F)F)C5)nc(N4CC5CCC(C4)N5)c3CS2(=O)=O)c1C(F)(F)F. The van der Waals surface area contributed by atoms with Crippen molar-refractivity contribution < 1.29 is 39.5 Å². The lowest BCUT2D eigenvalue weighted by Crippen LogP contribution is -2.52. The zero-order valence-electron chi connectivity index (χ0n) is 26.1. The maximum Gasteiger partial charge on any atom is 0.418 e. The number of alkyl halides is 3. The maximum absolute atomic E-state index is 15.7. The number of fused-ring (bicyclic) bond motifs is 4. The lowest BCUT2D eigenvalue weighted by molar-refractivity contribution is -0.138. The molecule has 2 bridgehead atoms. The van der Waals surface area contributed by atoms with Gasteiger partial charge in [-0.15, -0.1) is 5.92 Å². The van der Waals surface area contributed by atoms with Crippen LogP contribution in [0, 0.1) is 17.7 Å². The molecule has 5 aliphatic heterocycles. The topological polar surface area (TPSA) is 114 Å². The third kappa shape index (κ3) is 5.67. The third-order valence-corrected chi connectivity index (χ3v) is 12.3. The van der Waals surface area contributed by atoms with Crippen LogP contribution in [0.25, 0.3) is 0 Å². The molecule has 48 heavy (non-hydrogen) atoms. The van der Waals surface area contributed by atoms with Crippen LogP contribution in [0.3, 0.4) is 0 Å². The van der Waals surface area contributed by atoms with Gasteiger partial charge in [-0.1, -0.05) is 5.92 Å². The van der Waals surface area contributed by atoms with Gasteiger partial charge >= 0.3 is 12.2 Å². The predicted octanol–water partition coefficient (Wildman–Crippen LogP) is 4.51. The number of nitrogens with one attached hydrogen (secondary N) is 1. The Morgan fingerprint density at radius 2 is 1.94 bits per heavy atom. The highest BCUT2D eigenvalue weighted by atomic mass is 32.2. The van der Waals surface area contributed by atoms with Crippen molar-refractivity contribution in [2.45, 2.75) is 80.3 Å². The van der Waals surface area contributed by atoms with E-state index in [9.17, 15) is 30.4 Å². The molecule has 3 N–H and O–H groups in total. The first-order valence-electron chi connectivity index (χ1n) is 15.8. The quantitative estimate of drug-likeness (QED) is 0.265. The number of nitrogens with two attached hydrogens (primary N) is 1. The van der Waals surface area contributed by atoms with Crippen LogP contribution in [0.5, 0.6) is 6.01 Å². The normalized spacial score (nSPS) is 27.8. The Morgan fingerprint density at radius 1 is 1.21 bits per heavy atom. The molecule has 0 amide bonds.